The van der Waals surface area contributed by atoms with Crippen molar-refractivity contribution >= 4 is 23.5 Å². The molecule has 5 nitrogen and oxygen atoms in total. The standard InChI is InChI=1S/C7H11ClO3.C7H12O2/c8-5-3-4(7(10)11)1-2-6(5)9;8-7(9)6-4-2-1-3-5-6/h4-6,9H,1-3H2,(H,10,11);6H,1-5H2,(H,8,9). The summed E-state index contributed by atoms with van der Waals surface area (Å²) in [5.41, 5.74) is 0. The van der Waals surface area contributed by atoms with Crippen LogP contribution in [0.3, 0.4) is 0 Å². The number of carboxylic acid groups (broad SMARTS) is 2. The van der Waals surface area contributed by atoms with Crippen LogP contribution in [0.25, 0.3) is 0 Å². The first-order chi connectivity index (χ1) is 9.41. The van der Waals surface area contributed by atoms with E-state index in [9.17, 15) is 9.59 Å². The predicted molar refractivity (Wildman–Crippen MR) is 74.8 cm³/mol. The first-order valence-corrected chi connectivity index (χ1v) is 7.63. The third-order valence-corrected chi connectivity index (χ3v) is 4.51. The van der Waals surface area contributed by atoms with E-state index < -0.39 is 18.0 Å². The van der Waals surface area contributed by atoms with Crippen LogP contribution in [0.5, 0.6) is 0 Å². The van der Waals surface area contributed by atoms with E-state index in [1.807, 2.05) is 0 Å². The highest BCUT2D eigenvalue weighted by molar-refractivity contribution is 6.21. The van der Waals surface area contributed by atoms with E-state index in [1.165, 1.54) is 6.42 Å². The number of aliphatic carboxylic acids is 2. The van der Waals surface area contributed by atoms with Crippen molar-refractivity contribution in [3.63, 3.8) is 0 Å². The Bertz CT molecular complexity index is 328. The second kappa shape index (κ2) is 8.47. The van der Waals surface area contributed by atoms with Gasteiger partial charge >= 0.3 is 11.9 Å². The number of alkyl halides is 1. The molecule has 3 unspecified atom stereocenters. The van der Waals surface area contributed by atoms with Crippen LogP contribution < -0.4 is 0 Å². The number of rotatable bonds is 2. The van der Waals surface area contributed by atoms with Gasteiger partial charge in [0.25, 0.3) is 0 Å². The summed E-state index contributed by atoms with van der Waals surface area (Å²) in [6.07, 6.45) is 6.15. The Labute approximate surface area is 123 Å². The molecule has 0 aliphatic heterocycles. The molecule has 0 bridgehead atoms. The van der Waals surface area contributed by atoms with E-state index >= 15 is 0 Å². The molecular weight excluding hydrogens is 284 g/mol. The molecule has 0 aromatic heterocycles. The average molecular weight is 307 g/mol. The van der Waals surface area contributed by atoms with E-state index in [0.717, 1.165) is 25.7 Å². The van der Waals surface area contributed by atoms with Crippen molar-refractivity contribution in [2.24, 2.45) is 11.8 Å². The number of aliphatic hydroxyl groups is 1. The van der Waals surface area contributed by atoms with Crippen molar-refractivity contribution < 1.29 is 24.9 Å². The first-order valence-electron chi connectivity index (χ1n) is 7.19. The average Bonchev–Trinajstić information content (AvgIpc) is 2.43. The maximum Gasteiger partial charge on any atom is 0.306 e. The molecule has 3 N–H and O–H groups in total. The topological polar surface area (TPSA) is 94.8 Å². The predicted octanol–water partition coefficient (Wildman–Crippen LogP) is 2.49. The zero-order valence-electron chi connectivity index (χ0n) is 11.5. The van der Waals surface area contributed by atoms with E-state index in [0.29, 0.717) is 19.3 Å². The smallest absolute Gasteiger partial charge is 0.306 e. The van der Waals surface area contributed by atoms with Gasteiger partial charge in [0.15, 0.2) is 0 Å². The van der Waals surface area contributed by atoms with Crippen molar-refractivity contribution in [1.29, 1.82) is 0 Å². The summed E-state index contributed by atoms with van der Waals surface area (Å²) in [6, 6.07) is 0. The van der Waals surface area contributed by atoms with Crippen molar-refractivity contribution in [1.82, 2.24) is 0 Å². The number of carboxylic acids is 2. The van der Waals surface area contributed by atoms with Gasteiger partial charge in [-0.3, -0.25) is 9.59 Å². The Kier molecular flexibility index (Phi) is 7.30. The SMILES string of the molecule is O=C(O)C1CCC(O)C(Cl)C1.O=C(O)C1CCCCC1. The van der Waals surface area contributed by atoms with Crippen LogP contribution in [0.2, 0.25) is 0 Å². The quantitative estimate of drug-likeness (QED) is 0.681. The van der Waals surface area contributed by atoms with Gasteiger partial charge in [-0.15, -0.1) is 11.6 Å². The molecule has 0 spiro atoms. The molecule has 2 aliphatic rings. The molecule has 6 heteroatoms. The molecule has 0 aromatic rings. The van der Waals surface area contributed by atoms with Crippen LogP contribution in [0.1, 0.15) is 51.4 Å². The van der Waals surface area contributed by atoms with Gasteiger partial charge in [0.2, 0.25) is 0 Å². The largest absolute Gasteiger partial charge is 0.481 e. The van der Waals surface area contributed by atoms with Gasteiger partial charge in [-0.1, -0.05) is 19.3 Å². The fraction of sp³-hybridized carbons (Fsp3) is 0.857. The Morgan fingerprint density at radius 3 is 1.80 bits per heavy atom. The summed E-state index contributed by atoms with van der Waals surface area (Å²) < 4.78 is 0. The molecule has 0 heterocycles. The fourth-order valence-corrected chi connectivity index (χ4v) is 3.01. The minimum absolute atomic E-state index is 0.0289. The van der Waals surface area contributed by atoms with Crippen molar-refractivity contribution in [3.8, 4) is 0 Å². The zero-order chi connectivity index (χ0) is 15.1. The lowest BCUT2D eigenvalue weighted by atomic mass is 9.87. The molecule has 2 aliphatic carbocycles. The fourth-order valence-electron chi connectivity index (χ4n) is 2.67. The monoisotopic (exact) mass is 306 g/mol. The van der Waals surface area contributed by atoms with Crippen LogP contribution in [0.15, 0.2) is 0 Å². The molecule has 20 heavy (non-hydrogen) atoms. The number of carbonyl (C=O) groups is 2. The lowest BCUT2D eigenvalue weighted by molar-refractivity contribution is -0.144. The van der Waals surface area contributed by atoms with Crippen LogP contribution in [-0.2, 0) is 9.59 Å². The maximum atomic E-state index is 10.5. The van der Waals surface area contributed by atoms with Gasteiger partial charge in [-0.25, -0.2) is 0 Å². The Hall–Kier alpha value is -0.810. The number of hydrogen-bond donors (Lipinski definition) is 3. The Morgan fingerprint density at radius 2 is 1.40 bits per heavy atom. The molecular formula is C14H23ClO5. The second-order valence-corrected chi connectivity index (χ2v) is 6.17. The third kappa shape index (κ3) is 5.67. The van der Waals surface area contributed by atoms with Crippen LogP contribution >= 0.6 is 11.6 Å². The van der Waals surface area contributed by atoms with E-state index in [-0.39, 0.29) is 17.2 Å². The summed E-state index contributed by atoms with van der Waals surface area (Å²) in [5.74, 6) is -1.79. The summed E-state index contributed by atoms with van der Waals surface area (Å²) >= 11 is 5.69. The molecule has 2 fully saturated rings. The summed E-state index contributed by atoms with van der Waals surface area (Å²) in [6.45, 7) is 0. The normalized spacial score (nSPS) is 31.0. The van der Waals surface area contributed by atoms with E-state index in [1.54, 1.807) is 0 Å². The van der Waals surface area contributed by atoms with Crippen molar-refractivity contribution in [2.45, 2.75) is 62.8 Å². The van der Waals surface area contributed by atoms with Crippen LogP contribution in [-0.4, -0.2) is 38.7 Å². The van der Waals surface area contributed by atoms with E-state index in [4.69, 9.17) is 26.9 Å². The van der Waals surface area contributed by atoms with Gasteiger partial charge in [-0.2, -0.15) is 0 Å². The van der Waals surface area contributed by atoms with Gasteiger partial charge in [0, 0.05) is 0 Å². The van der Waals surface area contributed by atoms with Crippen molar-refractivity contribution in [3.05, 3.63) is 0 Å². The zero-order valence-corrected chi connectivity index (χ0v) is 12.3. The number of hydrogen-bond acceptors (Lipinski definition) is 3. The molecule has 3 atom stereocenters. The lowest BCUT2D eigenvalue weighted by Gasteiger charge is -2.26. The molecule has 2 rings (SSSR count). The van der Waals surface area contributed by atoms with Gasteiger partial charge < -0.3 is 15.3 Å². The second-order valence-electron chi connectivity index (χ2n) is 5.60. The highest BCUT2D eigenvalue weighted by atomic mass is 35.5. The number of aliphatic hydroxyl groups excluding tert-OH is 1. The van der Waals surface area contributed by atoms with Gasteiger partial charge in [0.1, 0.15) is 0 Å². The minimum Gasteiger partial charge on any atom is -0.481 e. The lowest BCUT2D eigenvalue weighted by Crippen LogP contribution is -2.32. The van der Waals surface area contributed by atoms with E-state index in [2.05, 4.69) is 0 Å². The van der Waals surface area contributed by atoms with Crippen LogP contribution in [0, 0.1) is 11.8 Å². The summed E-state index contributed by atoms with van der Waals surface area (Å²) in [5, 5.41) is 25.9. The summed E-state index contributed by atoms with van der Waals surface area (Å²) in [7, 11) is 0. The third-order valence-electron chi connectivity index (χ3n) is 4.04. The van der Waals surface area contributed by atoms with Gasteiger partial charge in [-0.05, 0) is 32.1 Å². The molecule has 2 saturated carbocycles. The molecule has 0 radical (unpaired) electrons. The molecule has 0 aromatic carbocycles. The molecule has 0 amide bonds. The molecule has 116 valence electrons. The number of halogens is 1. The Morgan fingerprint density at radius 1 is 0.850 bits per heavy atom. The molecule has 0 saturated heterocycles. The maximum absolute atomic E-state index is 10.5. The van der Waals surface area contributed by atoms with Crippen LogP contribution in [0.4, 0.5) is 0 Å². The highest BCUT2D eigenvalue weighted by Gasteiger charge is 2.31. The highest BCUT2D eigenvalue weighted by Crippen LogP contribution is 2.28. The van der Waals surface area contributed by atoms with Crippen molar-refractivity contribution in [2.75, 3.05) is 0 Å². The first kappa shape index (κ1) is 17.2. The summed E-state index contributed by atoms with van der Waals surface area (Å²) in [4.78, 5) is 20.8. The minimum atomic E-state index is -0.803. The Balaban J connectivity index is 0.000000204. The van der Waals surface area contributed by atoms with Gasteiger partial charge in [0.05, 0.1) is 23.3 Å².